The van der Waals surface area contributed by atoms with Crippen molar-refractivity contribution in [3.05, 3.63) is 11.8 Å². The summed E-state index contributed by atoms with van der Waals surface area (Å²) in [6.45, 7) is 8.70. The highest BCUT2D eigenvalue weighted by Gasteiger charge is 2.03. The fraction of sp³-hybridized carbons (Fsp3) is 0.778. The zero-order valence-corrected chi connectivity index (χ0v) is 7.81. The summed E-state index contributed by atoms with van der Waals surface area (Å²) < 4.78 is 0. The highest BCUT2D eigenvalue weighted by atomic mass is 15.1. The summed E-state index contributed by atoms with van der Waals surface area (Å²) in [7, 11) is 2.14. The lowest BCUT2D eigenvalue weighted by Crippen LogP contribution is -2.25. The van der Waals surface area contributed by atoms with Gasteiger partial charge in [0.15, 0.2) is 0 Å². The van der Waals surface area contributed by atoms with Gasteiger partial charge in [-0.25, -0.2) is 0 Å². The Balaban J connectivity index is 4.03. The molecule has 0 aliphatic rings. The Kier molecular flexibility index (Phi) is 4.17. The summed E-state index contributed by atoms with van der Waals surface area (Å²) in [6, 6.07) is 0.617. The van der Waals surface area contributed by atoms with Crippen LogP contribution in [0, 0.1) is 0 Å². The molecule has 1 heteroatoms. The molecule has 0 amide bonds. The Morgan fingerprint density at radius 1 is 1.50 bits per heavy atom. The average Bonchev–Trinajstić information content (AvgIpc) is 1.90. The summed E-state index contributed by atoms with van der Waals surface area (Å²) in [5.74, 6) is 0. The van der Waals surface area contributed by atoms with Crippen molar-refractivity contribution in [1.29, 1.82) is 0 Å². The van der Waals surface area contributed by atoms with Crippen LogP contribution >= 0.6 is 0 Å². The van der Waals surface area contributed by atoms with E-state index in [2.05, 4.69) is 45.7 Å². The summed E-state index contributed by atoms with van der Waals surface area (Å²) in [6.07, 6.45) is 3.31. The van der Waals surface area contributed by atoms with E-state index in [9.17, 15) is 0 Å². The monoisotopic (exact) mass is 141 g/mol. The maximum absolute atomic E-state index is 2.31. The predicted molar refractivity (Wildman–Crippen MR) is 46.9 cm³/mol. The van der Waals surface area contributed by atoms with Crippen LogP contribution in [0.1, 0.15) is 34.1 Å². The highest BCUT2D eigenvalue weighted by Crippen LogP contribution is 2.08. The lowest BCUT2D eigenvalue weighted by atomic mass is 10.2. The van der Waals surface area contributed by atoms with Gasteiger partial charge >= 0.3 is 0 Å². The van der Waals surface area contributed by atoms with Crippen molar-refractivity contribution in [3.63, 3.8) is 0 Å². The van der Waals surface area contributed by atoms with Crippen LogP contribution in [0.25, 0.3) is 0 Å². The summed E-state index contributed by atoms with van der Waals surface area (Å²) in [5.41, 5.74) is 1.43. The third kappa shape index (κ3) is 2.42. The van der Waals surface area contributed by atoms with Crippen molar-refractivity contribution < 1.29 is 0 Å². The van der Waals surface area contributed by atoms with E-state index in [1.807, 2.05) is 0 Å². The molecule has 0 aromatic heterocycles. The van der Waals surface area contributed by atoms with E-state index in [0.717, 1.165) is 6.42 Å². The molecule has 0 atom stereocenters. The zero-order valence-electron chi connectivity index (χ0n) is 7.81. The molecule has 0 saturated carbocycles. The zero-order chi connectivity index (χ0) is 8.15. The number of hydrogen-bond acceptors (Lipinski definition) is 1. The summed E-state index contributed by atoms with van der Waals surface area (Å²) in [5, 5.41) is 0. The molecule has 0 fully saturated rings. The van der Waals surface area contributed by atoms with Crippen molar-refractivity contribution in [3.8, 4) is 0 Å². The van der Waals surface area contributed by atoms with Crippen LogP contribution in [0.4, 0.5) is 0 Å². The van der Waals surface area contributed by atoms with Gasteiger partial charge in [-0.1, -0.05) is 13.0 Å². The Bertz CT molecular complexity index is 114. The molecule has 0 N–H and O–H groups in total. The van der Waals surface area contributed by atoms with Gasteiger partial charge in [-0.3, -0.25) is 0 Å². The van der Waals surface area contributed by atoms with E-state index in [1.54, 1.807) is 0 Å². The molecular formula is C9H19N. The van der Waals surface area contributed by atoms with Gasteiger partial charge in [0, 0.05) is 18.8 Å². The van der Waals surface area contributed by atoms with Crippen LogP contribution < -0.4 is 0 Å². The Hall–Kier alpha value is -0.460. The molecule has 60 valence electrons. The third-order valence-electron chi connectivity index (χ3n) is 1.92. The van der Waals surface area contributed by atoms with E-state index < -0.39 is 0 Å². The molecule has 0 radical (unpaired) electrons. The van der Waals surface area contributed by atoms with Crippen LogP contribution in [-0.2, 0) is 0 Å². The topological polar surface area (TPSA) is 3.24 Å². The van der Waals surface area contributed by atoms with E-state index in [-0.39, 0.29) is 0 Å². The minimum absolute atomic E-state index is 0.617. The van der Waals surface area contributed by atoms with Gasteiger partial charge in [0.25, 0.3) is 0 Å². The maximum Gasteiger partial charge on any atom is 0.0227 e. The second-order valence-corrected chi connectivity index (χ2v) is 2.84. The van der Waals surface area contributed by atoms with Gasteiger partial charge in [0.2, 0.25) is 0 Å². The standard InChI is InChI=1S/C9H19N/c1-6-9(7-2)10(5)8(3)4/h6,8H,7H2,1-5H3/b9-6-. The molecule has 10 heavy (non-hydrogen) atoms. The van der Waals surface area contributed by atoms with Crippen molar-refractivity contribution in [1.82, 2.24) is 4.90 Å². The van der Waals surface area contributed by atoms with Crippen molar-refractivity contribution in [2.24, 2.45) is 0 Å². The molecule has 0 aliphatic heterocycles. The molecule has 0 aromatic carbocycles. The lowest BCUT2D eigenvalue weighted by Gasteiger charge is -2.25. The second-order valence-electron chi connectivity index (χ2n) is 2.84. The number of nitrogens with zero attached hydrogens (tertiary/aromatic N) is 1. The fourth-order valence-corrected chi connectivity index (χ4v) is 0.989. The van der Waals surface area contributed by atoms with Gasteiger partial charge in [-0.2, -0.15) is 0 Å². The second kappa shape index (κ2) is 4.37. The van der Waals surface area contributed by atoms with Crippen LogP contribution in [-0.4, -0.2) is 18.0 Å². The van der Waals surface area contributed by atoms with E-state index >= 15 is 0 Å². The van der Waals surface area contributed by atoms with Crippen LogP contribution in [0.5, 0.6) is 0 Å². The minimum Gasteiger partial charge on any atom is -0.376 e. The predicted octanol–water partition coefficient (Wildman–Crippen LogP) is 2.64. The lowest BCUT2D eigenvalue weighted by molar-refractivity contribution is 0.334. The van der Waals surface area contributed by atoms with E-state index in [0.29, 0.717) is 6.04 Å². The molecule has 0 bridgehead atoms. The Morgan fingerprint density at radius 3 is 2.10 bits per heavy atom. The first kappa shape index (κ1) is 9.54. The van der Waals surface area contributed by atoms with Crippen LogP contribution in [0.15, 0.2) is 11.8 Å². The molecule has 0 unspecified atom stereocenters. The summed E-state index contributed by atoms with van der Waals surface area (Å²) >= 11 is 0. The molecule has 0 saturated heterocycles. The fourth-order valence-electron chi connectivity index (χ4n) is 0.989. The molecule has 0 aromatic rings. The molecule has 0 aliphatic carbocycles. The summed E-state index contributed by atoms with van der Waals surface area (Å²) in [4.78, 5) is 2.31. The van der Waals surface area contributed by atoms with E-state index in [1.165, 1.54) is 5.70 Å². The first-order chi connectivity index (χ1) is 4.63. The molecule has 0 rings (SSSR count). The van der Waals surface area contributed by atoms with Gasteiger partial charge in [0.05, 0.1) is 0 Å². The number of rotatable bonds is 3. The van der Waals surface area contributed by atoms with Crippen molar-refractivity contribution >= 4 is 0 Å². The van der Waals surface area contributed by atoms with E-state index in [4.69, 9.17) is 0 Å². The van der Waals surface area contributed by atoms with Gasteiger partial charge < -0.3 is 4.90 Å². The van der Waals surface area contributed by atoms with Crippen LogP contribution in [0.2, 0.25) is 0 Å². The highest BCUT2D eigenvalue weighted by molar-refractivity contribution is 4.98. The quantitative estimate of drug-likeness (QED) is 0.584. The van der Waals surface area contributed by atoms with Gasteiger partial charge in [-0.05, 0) is 27.2 Å². The molecule has 1 nitrogen and oxygen atoms in total. The first-order valence-electron chi connectivity index (χ1n) is 4.01. The molecular weight excluding hydrogens is 122 g/mol. The SMILES string of the molecule is C/C=C(/CC)N(C)C(C)C. The Morgan fingerprint density at radius 2 is 2.00 bits per heavy atom. The smallest absolute Gasteiger partial charge is 0.0227 e. The number of allylic oxidation sites excluding steroid dienone is 2. The van der Waals surface area contributed by atoms with Gasteiger partial charge in [0.1, 0.15) is 0 Å². The average molecular weight is 141 g/mol. The first-order valence-corrected chi connectivity index (χ1v) is 4.01. The third-order valence-corrected chi connectivity index (χ3v) is 1.92. The molecule has 0 heterocycles. The number of hydrogen-bond donors (Lipinski definition) is 0. The van der Waals surface area contributed by atoms with Gasteiger partial charge in [-0.15, -0.1) is 0 Å². The largest absolute Gasteiger partial charge is 0.376 e. The van der Waals surface area contributed by atoms with Crippen LogP contribution in [0.3, 0.4) is 0 Å². The van der Waals surface area contributed by atoms with Crippen molar-refractivity contribution in [2.75, 3.05) is 7.05 Å². The Labute approximate surface area is 64.7 Å². The normalized spacial score (nSPS) is 12.4. The maximum atomic E-state index is 2.31. The van der Waals surface area contributed by atoms with Crippen molar-refractivity contribution in [2.45, 2.75) is 40.2 Å². The minimum atomic E-state index is 0.617. The molecule has 0 spiro atoms.